The fourth-order valence-corrected chi connectivity index (χ4v) is 2.76. The van der Waals surface area contributed by atoms with Crippen molar-refractivity contribution in [3.05, 3.63) is 59.4 Å². The Labute approximate surface area is 140 Å². The summed E-state index contributed by atoms with van der Waals surface area (Å²) < 4.78 is 7.93. The summed E-state index contributed by atoms with van der Waals surface area (Å²) in [6.45, 7) is 5.25. The maximum absolute atomic E-state index is 10.9. The fourth-order valence-electron chi connectivity index (χ4n) is 2.76. The van der Waals surface area contributed by atoms with Crippen molar-refractivity contribution in [3.8, 4) is 5.75 Å². The fraction of sp³-hybridized carbons (Fsp3) is 0.263. The highest BCUT2D eigenvalue weighted by Gasteiger charge is 2.11. The van der Waals surface area contributed by atoms with E-state index in [2.05, 4.69) is 16.5 Å². The molecule has 0 aliphatic rings. The van der Waals surface area contributed by atoms with Crippen LogP contribution >= 0.6 is 0 Å². The van der Waals surface area contributed by atoms with E-state index in [4.69, 9.17) is 9.84 Å². The zero-order valence-corrected chi connectivity index (χ0v) is 13.8. The van der Waals surface area contributed by atoms with Gasteiger partial charge in [-0.05, 0) is 43.7 Å². The molecule has 124 valence electrons. The maximum atomic E-state index is 10.9. The van der Waals surface area contributed by atoms with E-state index in [1.54, 1.807) is 0 Å². The lowest BCUT2D eigenvalue weighted by Crippen LogP contribution is -2.06. The first-order valence-electron chi connectivity index (χ1n) is 7.96. The number of carboxylic acids is 1. The molecule has 0 bridgehead atoms. The number of imidazole rings is 1. The molecule has 0 aliphatic carbocycles. The van der Waals surface area contributed by atoms with Crippen molar-refractivity contribution >= 4 is 17.0 Å². The summed E-state index contributed by atoms with van der Waals surface area (Å²) in [5.41, 5.74) is 3.74. The summed E-state index contributed by atoms with van der Waals surface area (Å²) in [5, 5.41) is 8.93. The largest absolute Gasteiger partial charge is 0.486 e. The van der Waals surface area contributed by atoms with Gasteiger partial charge in [0.05, 0.1) is 17.5 Å². The Balaban J connectivity index is 1.86. The molecule has 2 aromatic carbocycles. The van der Waals surface area contributed by atoms with Gasteiger partial charge in [0.25, 0.3) is 0 Å². The lowest BCUT2D eigenvalue weighted by atomic mass is 10.1. The molecular weight excluding hydrogens is 304 g/mol. The molecule has 3 aromatic rings. The molecule has 0 fully saturated rings. The number of fused-ring (bicyclic) bond motifs is 1. The second kappa shape index (κ2) is 6.74. The molecule has 0 radical (unpaired) electrons. The number of nitrogens with zero attached hydrogens (tertiary/aromatic N) is 2. The number of hydrogen-bond donors (Lipinski definition) is 1. The Hall–Kier alpha value is -2.82. The number of hydrogen-bond acceptors (Lipinski definition) is 3. The van der Waals surface area contributed by atoms with E-state index in [1.807, 2.05) is 49.4 Å². The van der Waals surface area contributed by atoms with Crippen LogP contribution in [0.2, 0.25) is 0 Å². The van der Waals surface area contributed by atoms with Gasteiger partial charge in [0.2, 0.25) is 0 Å². The van der Waals surface area contributed by atoms with Crippen LogP contribution in [0.25, 0.3) is 11.0 Å². The molecule has 0 saturated heterocycles. The van der Waals surface area contributed by atoms with Crippen molar-refractivity contribution in [1.82, 2.24) is 9.55 Å². The van der Waals surface area contributed by atoms with Gasteiger partial charge in [0.15, 0.2) is 0 Å². The second-order valence-corrected chi connectivity index (χ2v) is 5.77. The maximum Gasteiger partial charge on any atom is 0.307 e. The third-order valence-corrected chi connectivity index (χ3v) is 3.95. The third-order valence-electron chi connectivity index (χ3n) is 3.95. The molecule has 0 spiro atoms. The van der Waals surface area contributed by atoms with Gasteiger partial charge in [-0.2, -0.15) is 0 Å². The van der Waals surface area contributed by atoms with Gasteiger partial charge in [0.1, 0.15) is 18.2 Å². The van der Waals surface area contributed by atoms with E-state index >= 15 is 0 Å². The van der Waals surface area contributed by atoms with Crippen LogP contribution < -0.4 is 4.74 Å². The van der Waals surface area contributed by atoms with E-state index in [-0.39, 0.29) is 6.42 Å². The normalized spacial score (nSPS) is 10.9. The summed E-state index contributed by atoms with van der Waals surface area (Å²) >= 11 is 0. The number of benzene rings is 2. The third kappa shape index (κ3) is 3.40. The summed E-state index contributed by atoms with van der Waals surface area (Å²) in [5.74, 6) is 0.801. The highest BCUT2D eigenvalue weighted by Crippen LogP contribution is 2.20. The molecule has 24 heavy (non-hydrogen) atoms. The van der Waals surface area contributed by atoms with Crippen molar-refractivity contribution in [2.45, 2.75) is 33.4 Å². The topological polar surface area (TPSA) is 64.4 Å². The van der Waals surface area contributed by atoms with E-state index < -0.39 is 5.97 Å². The quantitative estimate of drug-likeness (QED) is 0.753. The summed E-state index contributed by atoms with van der Waals surface area (Å²) in [6.07, 6.45) is 0.00409. The van der Waals surface area contributed by atoms with Crippen LogP contribution in [0.3, 0.4) is 0 Å². The van der Waals surface area contributed by atoms with Crippen molar-refractivity contribution in [1.29, 1.82) is 0 Å². The Morgan fingerprint density at radius 2 is 1.96 bits per heavy atom. The Morgan fingerprint density at radius 3 is 2.62 bits per heavy atom. The van der Waals surface area contributed by atoms with Gasteiger partial charge in [-0.15, -0.1) is 0 Å². The van der Waals surface area contributed by atoms with Crippen molar-refractivity contribution < 1.29 is 14.6 Å². The molecule has 5 heteroatoms. The number of carboxylic acid groups (broad SMARTS) is 1. The van der Waals surface area contributed by atoms with Crippen LogP contribution in [0.5, 0.6) is 5.75 Å². The minimum atomic E-state index is -0.841. The monoisotopic (exact) mass is 324 g/mol. The van der Waals surface area contributed by atoms with Crippen LogP contribution in [-0.2, 0) is 24.4 Å². The average Bonchev–Trinajstić information content (AvgIpc) is 2.90. The van der Waals surface area contributed by atoms with Gasteiger partial charge < -0.3 is 14.4 Å². The lowest BCUT2D eigenvalue weighted by Gasteiger charge is -2.08. The van der Waals surface area contributed by atoms with Gasteiger partial charge in [-0.1, -0.05) is 23.8 Å². The van der Waals surface area contributed by atoms with Gasteiger partial charge in [0, 0.05) is 6.54 Å². The minimum Gasteiger partial charge on any atom is -0.486 e. The molecule has 5 nitrogen and oxygen atoms in total. The smallest absolute Gasteiger partial charge is 0.307 e. The number of aromatic nitrogens is 2. The molecule has 0 unspecified atom stereocenters. The Morgan fingerprint density at radius 1 is 1.21 bits per heavy atom. The van der Waals surface area contributed by atoms with Crippen LogP contribution in [0.1, 0.15) is 23.9 Å². The number of carbonyl (C=O) groups is 1. The number of ether oxygens (including phenoxy) is 1. The molecule has 0 atom stereocenters. The minimum absolute atomic E-state index is 0.00409. The molecule has 3 rings (SSSR count). The summed E-state index contributed by atoms with van der Waals surface area (Å²) in [7, 11) is 0. The Bertz CT molecular complexity index is 866. The molecular formula is C19H20N2O3. The van der Waals surface area contributed by atoms with Crippen molar-refractivity contribution in [2.75, 3.05) is 0 Å². The van der Waals surface area contributed by atoms with E-state index in [1.165, 1.54) is 5.56 Å². The first kappa shape index (κ1) is 16.1. The zero-order valence-electron chi connectivity index (χ0n) is 13.8. The predicted molar refractivity (Wildman–Crippen MR) is 92.3 cm³/mol. The second-order valence-electron chi connectivity index (χ2n) is 5.77. The summed E-state index contributed by atoms with van der Waals surface area (Å²) in [6, 6.07) is 13.5. The van der Waals surface area contributed by atoms with Crippen LogP contribution in [-0.4, -0.2) is 20.6 Å². The van der Waals surface area contributed by atoms with Crippen LogP contribution in [0.15, 0.2) is 42.5 Å². The van der Waals surface area contributed by atoms with Gasteiger partial charge >= 0.3 is 5.97 Å². The first-order valence-corrected chi connectivity index (χ1v) is 7.96. The molecule has 1 N–H and O–H groups in total. The molecule has 1 aromatic heterocycles. The van der Waals surface area contributed by atoms with Crippen LogP contribution in [0.4, 0.5) is 0 Å². The van der Waals surface area contributed by atoms with E-state index in [0.717, 1.165) is 34.7 Å². The first-order chi connectivity index (χ1) is 11.6. The predicted octanol–water partition coefficient (Wildman–Crippen LogP) is 3.57. The highest BCUT2D eigenvalue weighted by molar-refractivity contribution is 5.79. The molecule has 0 aliphatic heterocycles. The van der Waals surface area contributed by atoms with E-state index in [9.17, 15) is 4.79 Å². The number of aryl methyl sites for hydroxylation is 2. The van der Waals surface area contributed by atoms with Crippen molar-refractivity contribution in [3.63, 3.8) is 0 Å². The zero-order chi connectivity index (χ0) is 17.1. The lowest BCUT2D eigenvalue weighted by molar-refractivity contribution is -0.136. The van der Waals surface area contributed by atoms with Gasteiger partial charge in [-0.25, -0.2) is 4.98 Å². The number of aliphatic carboxylic acids is 1. The highest BCUT2D eigenvalue weighted by atomic mass is 16.5. The number of rotatable bonds is 6. The van der Waals surface area contributed by atoms with E-state index in [0.29, 0.717) is 6.61 Å². The SMILES string of the molecule is CCn1c(COc2ccc(C)cc2)nc2cc(CC(=O)O)ccc21. The van der Waals surface area contributed by atoms with Gasteiger partial charge in [-0.3, -0.25) is 4.79 Å². The molecule has 0 amide bonds. The molecule has 0 saturated carbocycles. The summed E-state index contributed by atoms with van der Waals surface area (Å²) in [4.78, 5) is 15.5. The van der Waals surface area contributed by atoms with Crippen molar-refractivity contribution in [2.24, 2.45) is 0 Å². The average molecular weight is 324 g/mol. The standard InChI is InChI=1S/C19H20N2O3/c1-3-21-17-9-6-14(11-19(22)23)10-16(17)20-18(21)12-24-15-7-4-13(2)5-8-15/h4-10H,3,11-12H2,1-2H3,(H,22,23). The Kier molecular flexibility index (Phi) is 4.51. The van der Waals surface area contributed by atoms with Crippen LogP contribution in [0, 0.1) is 6.92 Å². The molecule has 1 heterocycles.